The van der Waals surface area contributed by atoms with E-state index in [1.807, 2.05) is 4.90 Å². The minimum atomic E-state index is -0.305. The molecule has 0 bridgehead atoms. The van der Waals surface area contributed by atoms with Crippen molar-refractivity contribution in [2.75, 3.05) is 13.1 Å². The van der Waals surface area contributed by atoms with E-state index in [4.69, 9.17) is 4.74 Å². The number of amides is 2. The van der Waals surface area contributed by atoms with E-state index in [2.05, 4.69) is 5.32 Å². The number of nitrogens with one attached hydrogen (secondary N) is 1. The molecule has 2 aromatic carbocycles. The van der Waals surface area contributed by atoms with Gasteiger partial charge in [0, 0.05) is 37.0 Å². The quantitative estimate of drug-likeness (QED) is 0.753. The van der Waals surface area contributed by atoms with E-state index in [9.17, 15) is 14.0 Å². The number of nitrogens with zero attached hydrogens (tertiary/aromatic N) is 1. The van der Waals surface area contributed by atoms with Gasteiger partial charge in [-0.1, -0.05) is 31.0 Å². The molecular weight excluding hydrogens is 383 g/mol. The fourth-order valence-electron chi connectivity index (χ4n) is 4.37. The first kappa shape index (κ1) is 20.4. The van der Waals surface area contributed by atoms with Crippen molar-refractivity contribution in [1.82, 2.24) is 10.2 Å². The Morgan fingerprint density at radius 2 is 1.93 bits per heavy atom. The lowest BCUT2D eigenvalue weighted by Gasteiger charge is -2.24. The molecule has 1 N–H and O–H groups in total. The molecule has 4 rings (SSSR count). The predicted octanol–water partition coefficient (Wildman–Crippen LogP) is 3.93. The summed E-state index contributed by atoms with van der Waals surface area (Å²) in [5.74, 6) is 0.442. The summed E-state index contributed by atoms with van der Waals surface area (Å²) in [6.07, 6.45) is 5.12. The largest absolute Gasteiger partial charge is 0.489 e. The van der Waals surface area contributed by atoms with E-state index in [1.54, 1.807) is 36.4 Å². The molecule has 1 aliphatic heterocycles. The first-order valence-electron chi connectivity index (χ1n) is 10.6. The van der Waals surface area contributed by atoms with Gasteiger partial charge in [0.2, 0.25) is 5.91 Å². The highest BCUT2D eigenvalue weighted by molar-refractivity contribution is 5.94. The van der Waals surface area contributed by atoms with Gasteiger partial charge < -0.3 is 15.0 Å². The second-order valence-electron chi connectivity index (χ2n) is 8.21. The van der Waals surface area contributed by atoms with Gasteiger partial charge in [-0.2, -0.15) is 0 Å². The van der Waals surface area contributed by atoms with Gasteiger partial charge in [0.1, 0.15) is 18.2 Å². The summed E-state index contributed by atoms with van der Waals surface area (Å²) in [6, 6.07) is 13.6. The molecule has 1 atom stereocenters. The number of hydrogen-bond donors (Lipinski definition) is 1. The van der Waals surface area contributed by atoms with Gasteiger partial charge in [-0.25, -0.2) is 4.39 Å². The number of halogens is 1. The SMILES string of the molecule is O=C(NC[C@H]1CC(=O)N(C2CCCC2)C1)c1cccc(OCc2cccc(F)c2)c1. The topological polar surface area (TPSA) is 58.6 Å². The van der Waals surface area contributed by atoms with Crippen LogP contribution in [0.4, 0.5) is 4.39 Å². The molecule has 0 unspecified atom stereocenters. The van der Waals surface area contributed by atoms with E-state index in [0.717, 1.165) is 24.9 Å². The van der Waals surface area contributed by atoms with E-state index in [0.29, 0.717) is 30.3 Å². The highest BCUT2D eigenvalue weighted by Crippen LogP contribution is 2.29. The van der Waals surface area contributed by atoms with E-state index >= 15 is 0 Å². The minimum absolute atomic E-state index is 0.162. The van der Waals surface area contributed by atoms with Crippen LogP contribution in [0.15, 0.2) is 48.5 Å². The number of rotatable bonds is 7. The molecule has 1 heterocycles. The van der Waals surface area contributed by atoms with Crippen molar-refractivity contribution in [3.63, 3.8) is 0 Å². The Morgan fingerprint density at radius 3 is 2.73 bits per heavy atom. The normalized spacial score (nSPS) is 19.3. The van der Waals surface area contributed by atoms with Crippen molar-refractivity contribution >= 4 is 11.8 Å². The molecule has 2 aromatic rings. The van der Waals surface area contributed by atoms with Crippen LogP contribution < -0.4 is 10.1 Å². The fraction of sp³-hybridized carbons (Fsp3) is 0.417. The van der Waals surface area contributed by atoms with Gasteiger partial charge in [0.05, 0.1) is 0 Å². The summed E-state index contributed by atoms with van der Waals surface area (Å²) < 4.78 is 19.0. The van der Waals surface area contributed by atoms with Crippen molar-refractivity contribution in [2.45, 2.75) is 44.8 Å². The van der Waals surface area contributed by atoms with E-state index in [-0.39, 0.29) is 30.2 Å². The molecule has 30 heavy (non-hydrogen) atoms. The summed E-state index contributed by atoms with van der Waals surface area (Å²) in [7, 11) is 0. The molecular formula is C24H27FN2O3. The lowest BCUT2D eigenvalue weighted by atomic mass is 10.1. The predicted molar refractivity (Wildman–Crippen MR) is 112 cm³/mol. The Labute approximate surface area is 176 Å². The molecule has 5 nitrogen and oxygen atoms in total. The molecule has 1 aliphatic carbocycles. The van der Waals surface area contributed by atoms with Crippen LogP contribution in [0.25, 0.3) is 0 Å². The maximum atomic E-state index is 13.3. The van der Waals surface area contributed by atoms with Gasteiger partial charge in [-0.3, -0.25) is 9.59 Å². The number of ether oxygens (including phenoxy) is 1. The van der Waals surface area contributed by atoms with Crippen LogP contribution in [-0.2, 0) is 11.4 Å². The average molecular weight is 410 g/mol. The maximum absolute atomic E-state index is 13.3. The zero-order chi connectivity index (χ0) is 20.9. The zero-order valence-corrected chi connectivity index (χ0v) is 17.0. The Balaban J connectivity index is 1.28. The molecule has 2 aliphatic rings. The summed E-state index contributed by atoms with van der Waals surface area (Å²) in [6.45, 7) is 1.45. The molecule has 2 amide bonds. The van der Waals surface area contributed by atoms with Crippen molar-refractivity contribution < 1.29 is 18.7 Å². The molecule has 0 radical (unpaired) electrons. The summed E-state index contributed by atoms with van der Waals surface area (Å²) >= 11 is 0. The third-order valence-electron chi connectivity index (χ3n) is 5.95. The zero-order valence-electron chi connectivity index (χ0n) is 17.0. The molecule has 158 valence electrons. The van der Waals surface area contributed by atoms with Crippen molar-refractivity contribution in [1.29, 1.82) is 0 Å². The van der Waals surface area contributed by atoms with E-state index in [1.165, 1.54) is 25.0 Å². The third-order valence-corrected chi connectivity index (χ3v) is 5.95. The lowest BCUT2D eigenvalue weighted by Crippen LogP contribution is -2.36. The molecule has 1 saturated heterocycles. The fourth-order valence-corrected chi connectivity index (χ4v) is 4.37. The van der Waals surface area contributed by atoms with Gasteiger partial charge in [-0.05, 0) is 48.7 Å². The smallest absolute Gasteiger partial charge is 0.251 e. The van der Waals surface area contributed by atoms with E-state index < -0.39 is 0 Å². The van der Waals surface area contributed by atoms with Crippen molar-refractivity contribution in [2.24, 2.45) is 5.92 Å². The summed E-state index contributed by atoms with van der Waals surface area (Å²) in [4.78, 5) is 26.9. The van der Waals surface area contributed by atoms with Crippen LogP contribution in [0.5, 0.6) is 5.75 Å². The van der Waals surface area contributed by atoms with Gasteiger partial charge >= 0.3 is 0 Å². The van der Waals surface area contributed by atoms with Crippen LogP contribution in [0, 0.1) is 11.7 Å². The Hall–Kier alpha value is -2.89. The number of likely N-dealkylation sites (tertiary alicyclic amines) is 1. The molecule has 0 aromatic heterocycles. The number of hydrogen-bond acceptors (Lipinski definition) is 3. The van der Waals surface area contributed by atoms with Gasteiger partial charge in [0.25, 0.3) is 5.91 Å². The molecule has 6 heteroatoms. The van der Waals surface area contributed by atoms with Crippen LogP contribution in [0.1, 0.15) is 48.0 Å². The van der Waals surface area contributed by atoms with Crippen LogP contribution >= 0.6 is 0 Å². The van der Waals surface area contributed by atoms with Gasteiger partial charge in [-0.15, -0.1) is 0 Å². The average Bonchev–Trinajstić information content (AvgIpc) is 3.40. The molecule has 0 spiro atoms. The monoisotopic (exact) mass is 410 g/mol. The number of carbonyl (C=O) groups excluding carboxylic acids is 2. The minimum Gasteiger partial charge on any atom is -0.489 e. The summed E-state index contributed by atoms with van der Waals surface area (Å²) in [5, 5.41) is 2.96. The first-order chi connectivity index (χ1) is 14.6. The Bertz CT molecular complexity index is 911. The van der Waals surface area contributed by atoms with Crippen LogP contribution in [0.3, 0.4) is 0 Å². The Kier molecular flexibility index (Phi) is 6.31. The Morgan fingerprint density at radius 1 is 1.13 bits per heavy atom. The second-order valence-corrected chi connectivity index (χ2v) is 8.21. The number of carbonyl (C=O) groups is 2. The standard InChI is InChI=1S/C24H27FN2O3/c25-20-7-3-5-17(11-20)16-30-22-10-4-6-19(13-22)24(29)26-14-18-12-23(28)27(15-18)21-8-1-2-9-21/h3-7,10-11,13,18,21H,1-2,8-9,12,14-16H2,(H,26,29)/t18-/m1/s1. The van der Waals surface area contributed by atoms with Gasteiger partial charge in [0.15, 0.2) is 0 Å². The molecule has 2 fully saturated rings. The lowest BCUT2D eigenvalue weighted by molar-refractivity contribution is -0.129. The second kappa shape index (κ2) is 9.28. The van der Waals surface area contributed by atoms with Crippen LogP contribution in [-0.4, -0.2) is 35.8 Å². The van der Waals surface area contributed by atoms with Crippen molar-refractivity contribution in [3.05, 3.63) is 65.5 Å². The first-order valence-corrected chi connectivity index (χ1v) is 10.6. The highest BCUT2D eigenvalue weighted by atomic mass is 19.1. The highest BCUT2D eigenvalue weighted by Gasteiger charge is 2.35. The maximum Gasteiger partial charge on any atom is 0.251 e. The summed E-state index contributed by atoms with van der Waals surface area (Å²) in [5.41, 5.74) is 1.23. The molecule has 1 saturated carbocycles. The number of benzene rings is 2. The van der Waals surface area contributed by atoms with Crippen molar-refractivity contribution in [3.8, 4) is 5.75 Å². The van der Waals surface area contributed by atoms with Crippen LogP contribution in [0.2, 0.25) is 0 Å². The third kappa shape index (κ3) is 4.99.